The van der Waals surface area contributed by atoms with Crippen LogP contribution in [0.2, 0.25) is 0 Å². The summed E-state index contributed by atoms with van der Waals surface area (Å²) in [6.07, 6.45) is 0.754. The van der Waals surface area contributed by atoms with Gasteiger partial charge in [-0.25, -0.2) is 8.42 Å². The Bertz CT molecular complexity index is 1140. The second-order valence-electron chi connectivity index (χ2n) is 6.59. The van der Waals surface area contributed by atoms with E-state index >= 15 is 0 Å². The van der Waals surface area contributed by atoms with Crippen molar-refractivity contribution in [3.8, 4) is 0 Å². The van der Waals surface area contributed by atoms with Crippen LogP contribution in [0.15, 0.2) is 64.0 Å². The number of carbonyl (C=O) groups excluding carboxylic acids is 2. The molecule has 0 fully saturated rings. The molecule has 148 valence electrons. The van der Waals surface area contributed by atoms with E-state index in [2.05, 4.69) is 10.1 Å². The fraction of sp³-hybridized carbons (Fsp3) is 0.200. The summed E-state index contributed by atoms with van der Waals surface area (Å²) in [7, 11) is -3.56. The Morgan fingerprint density at radius 3 is 2.17 bits per heavy atom. The van der Waals surface area contributed by atoms with Crippen LogP contribution in [0.4, 0.5) is 0 Å². The van der Waals surface area contributed by atoms with Gasteiger partial charge >= 0.3 is 0 Å². The van der Waals surface area contributed by atoms with Gasteiger partial charge in [0.25, 0.3) is 11.8 Å². The van der Waals surface area contributed by atoms with Crippen LogP contribution in [0.5, 0.6) is 0 Å². The van der Waals surface area contributed by atoms with Gasteiger partial charge in [-0.2, -0.15) is 4.98 Å². The summed E-state index contributed by atoms with van der Waals surface area (Å²) < 4.78 is 29.9. The third-order valence-corrected chi connectivity index (χ3v) is 6.21. The lowest BCUT2D eigenvalue weighted by atomic mass is 10.1. The van der Waals surface area contributed by atoms with E-state index in [0.29, 0.717) is 24.0 Å². The van der Waals surface area contributed by atoms with Crippen molar-refractivity contribution in [1.82, 2.24) is 15.0 Å². The van der Waals surface area contributed by atoms with Crippen molar-refractivity contribution in [2.45, 2.75) is 23.5 Å². The first-order valence-corrected chi connectivity index (χ1v) is 10.7. The molecule has 0 unspecified atom stereocenters. The van der Waals surface area contributed by atoms with Crippen LogP contribution < -0.4 is 0 Å². The molecule has 1 aliphatic rings. The van der Waals surface area contributed by atoms with Gasteiger partial charge in [-0.05, 0) is 30.7 Å². The van der Waals surface area contributed by atoms with Crippen LogP contribution >= 0.6 is 0 Å². The largest absolute Gasteiger partial charge is 0.339 e. The zero-order valence-corrected chi connectivity index (χ0v) is 16.1. The Labute approximate surface area is 167 Å². The summed E-state index contributed by atoms with van der Waals surface area (Å²) in [6, 6.07) is 14.8. The molecule has 2 aromatic carbocycles. The highest BCUT2D eigenvalue weighted by Crippen LogP contribution is 2.22. The standard InChI is InChI=1S/C20H17N3O5S/c24-19-15-9-4-5-10-16(15)20(25)23(19)12-6-11-18-21-17(22-28-18)13-29(26,27)14-7-2-1-3-8-14/h1-5,7-10H,6,11-13H2. The van der Waals surface area contributed by atoms with E-state index in [1.54, 1.807) is 42.5 Å². The maximum Gasteiger partial charge on any atom is 0.261 e. The molecule has 0 spiro atoms. The summed E-state index contributed by atoms with van der Waals surface area (Å²) in [4.78, 5) is 30.2. The first kappa shape index (κ1) is 19.0. The third-order valence-electron chi connectivity index (χ3n) is 4.58. The average molecular weight is 411 g/mol. The fourth-order valence-corrected chi connectivity index (χ4v) is 4.36. The second-order valence-corrected chi connectivity index (χ2v) is 8.58. The first-order valence-electron chi connectivity index (χ1n) is 9.00. The van der Waals surface area contributed by atoms with Crippen LogP contribution in [0, 0.1) is 0 Å². The van der Waals surface area contributed by atoms with Crippen molar-refractivity contribution < 1.29 is 22.5 Å². The van der Waals surface area contributed by atoms with E-state index in [1.165, 1.54) is 17.0 Å². The predicted molar refractivity (Wildman–Crippen MR) is 102 cm³/mol. The first-order chi connectivity index (χ1) is 14.0. The van der Waals surface area contributed by atoms with Crippen molar-refractivity contribution >= 4 is 21.7 Å². The topological polar surface area (TPSA) is 110 Å². The van der Waals surface area contributed by atoms with Gasteiger partial charge in [0.2, 0.25) is 5.89 Å². The van der Waals surface area contributed by atoms with Crippen LogP contribution in [-0.2, 0) is 22.0 Å². The number of aromatic nitrogens is 2. The lowest BCUT2D eigenvalue weighted by Gasteiger charge is -2.12. The van der Waals surface area contributed by atoms with E-state index in [-0.39, 0.29) is 40.7 Å². The van der Waals surface area contributed by atoms with E-state index in [4.69, 9.17) is 4.52 Å². The normalized spacial score (nSPS) is 13.7. The molecule has 1 aliphatic heterocycles. The van der Waals surface area contributed by atoms with Crippen molar-refractivity contribution in [3.63, 3.8) is 0 Å². The molecule has 0 saturated heterocycles. The minimum absolute atomic E-state index is 0.0737. The Kier molecular flexibility index (Phi) is 4.98. The Morgan fingerprint density at radius 1 is 0.897 bits per heavy atom. The highest BCUT2D eigenvalue weighted by molar-refractivity contribution is 7.90. The SMILES string of the molecule is O=C1c2ccccc2C(=O)N1CCCc1nc(CS(=O)(=O)c2ccccc2)no1. The zero-order valence-electron chi connectivity index (χ0n) is 15.3. The summed E-state index contributed by atoms with van der Waals surface area (Å²) in [5.74, 6) is -0.653. The summed E-state index contributed by atoms with van der Waals surface area (Å²) in [5, 5.41) is 3.73. The quantitative estimate of drug-likeness (QED) is 0.548. The summed E-state index contributed by atoms with van der Waals surface area (Å²) >= 11 is 0. The number of nitrogens with zero attached hydrogens (tertiary/aromatic N) is 3. The molecule has 3 aromatic rings. The number of hydrogen-bond donors (Lipinski definition) is 0. The Balaban J connectivity index is 1.35. The van der Waals surface area contributed by atoms with E-state index in [0.717, 1.165) is 0 Å². The molecule has 8 nitrogen and oxygen atoms in total. The van der Waals surface area contributed by atoms with Gasteiger partial charge in [0.05, 0.1) is 16.0 Å². The molecule has 0 bridgehead atoms. The monoisotopic (exact) mass is 411 g/mol. The molecule has 1 aromatic heterocycles. The van der Waals surface area contributed by atoms with E-state index in [9.17, 15) is 18.0 Å². The number of benzene rings is 2. The van der Waals surface area contributed by atoms with Gasteiger partial charge in [0.1, 0.15) is 5.75 Å². The van der Waals surface area contributed by atoms with Crippen LogP contribution in [-0.4, -0.2) is 41.8 Å². The van der Waals surface area contributed by atoms with Gasteiger partial charge in [-0.15, -0.1) is 0 Å². The van der Waals surface area contributed by atoms with Gasteiger partial charge in [0.15, 0.2) is 15.7 Å². The number of hydrogen-bond acceptors (Lipinski definition) is 7. The molecule has 0 N–H and O–H groups in total. The van der Waals surface area contributed by atoms with Crippen molar-refractivity contribution in [2.24, 2.45) is 0 Å². The number of rotatable bonds is 7. The van der Waals surface area contributed by atoms with Gasteiger partial charge in [-0.3, -0.25) is 14.5 Å². The lowest BCUT2D eigenvalue weighted by Crippen LogP contribution is -2.30. The molecular formula is C20H17N3O5S. The molecule has 2 amide bonds. The van der Waals surface area contributed by atoms with Crippen LogP contribution in [0.1, 0.15) is 38.9 Å². The smallest absolute Gasteiger partial charge is 0.261 e. The highest BCUT2D eigenvalue weighted by atomic mass is 32.2. The summed E-state index contributed by atoms with van der Waals surface area (Å²) in [5.41, 5.74) is 0.812. The average Bonchev–Trinajstić information content (AvgIpc) is 3.26. The molecule has 4 rings (SSSR count). The maximum atomic E-state index is 12.4. The molecule has 0 radical (unpaired) electrons. The van der Waals surface area contributed by atoms with Gasteiger partial charge < -0.3 is 4.52 Å². The number of carbonyl (C=O) groups is 2. The highest BCUT2D eigenvalue weighted by Gasteiger charge is 2.34. The third kappa shape index (κ3) is 3.81. The summed E-state index contributed by atoms with van der Waals surface area (Å²) in [6.45, 7) is 0.215. The number of aryl methyl sites for hydroxylation is 1. The second kappa shape index (κ2) is 7.59. The number of amides is 2. The van der Waals surface area contributed by atoms with Gasteiger partial charge in [0, 0.05) is 13.0 Å². The van der Waals surface area contributed by atoms with E-state index < -0.39 is 9.84 Å². The minimum atomic E-state index is -3.56. The molecular weight excluding hydrogens is 394 g/mol. The zero-order chi connectivity index (χ0) is 20.4. The van der Waals surface area contributed by atoms with Gasteiger partial charge in [-0.1, -0.05) is 35.5 Å². The molecule has 29 heavy (non-hydrogen) atoms. The fourth-order valence-electron chi connectivity index (χ4n) is 3.16. The van der Waals surface area contributed by atoms with Crippen molar-refractivity contribution in [1.29, 1.82) is 0 Å². The van der Waals surface area contributed by atoms with Crippen LogP contribution in [0.3, 0.4) is 0 Å². The number of sulfone groups is 1. The minimum Gasteiger partial charge on any atom is -0.339 e. The lowest BCUT2D eigenvalue weighted by molar-refractivity contribution is 0.0651. The molecule has 0 aliphatic carbocycles. The number of fused-ring (bicyclic) bond motifs is 1. The molecule has 2 heterocycles. The number of imide groups is 1. The molecule has 0 atom stereocenters. The van der Waals surface area contributed by atoms with Crippen molar-refractivity contribution in [2.75, 3.05) is 6.54 Å². The Hall–Kier alpha value is -3.33. The predicted octanol–water partition coefficient (Wildman–Crippen LogP) is 2.27. The van der Waals surface area contributed by atoms with Crippen LogP contribution in [0.25, 0.3) is 0 Å². The Morgan fingerprint density at radius 2 is 1.52 bits per heavy atom. The molecule has 0 saturated carbocycles. The van der Waals surface area contributed by atoms with E-state index in [1.807, 2.05) is 0 Å². The molecule has 9 heteroatoms. The maximum absolute atomic E-state index is 12.4. The van der Waals surface area contributed by atoms with Crippen molar-refractivity contribution in [3.05, 3.63) is 77.4 Å².